The Morgan fingerprint density at radius 3 is 0.919 bits per heavy atom. The highest BCUT2D eigenvalue weighted by atomic mass is 16.6. The third kappa shape index (κ3) is 35.7. The molecule has 8 nitrogen and oxygen atoms in total. The Morgan fingerprint density at radius 1 is 0.324 bits per heavy atom. The van der Waals surface area contributed by atoms with Crippen molar-refractivity contribution in [2.24, 2.45) is 0 Å². The van der Waals surface area contributed by atoms with Gasteiger partial charge in [0.1, 0.15) is 0 Å². The Hall–Kier alpha value is -0.320. The van der Waals surface area contributed by atoms with Crippen molar-refractivity contribution in [2.75, 3.05) is 113 Å². The van der Waals surface area contributed by atoms with E-state index in [2.05, 4.69) is 11.8 Å². The number of likely N-dealkylation sites (N-methyl/N-ethyl adjacent to an activating group) is 1. The van der Waals surface area contributed by atoms with Crippen molar-refractivity contribution in [3.8, 4) is 0 Å². The van der Waals surface area contributed by atoms with E-state index in [0.29, 0.717) is 79.3 Å². The van der Waals surface area contributed by atoms with Crippen LogP contribution in [0.5, 0.6) is 0 Å². The fourth-order valence-corrected chi connectivity index (χ4v) is 3.54. The molecule has 0 bridgehead atoms. The lowest BCUT2D eigenvalue weighted by Gasteiger charge is -2.10. The highest BCUT2D eigenvalue weighted by molar-refractivity contribution is 4.48. The number of nitrogens with zero attached hydrogens (tertiary/aromatic N) is 1. The zero-order valence-corrected chi connectivity index (χ0v) is 24.7. The molecule has 224 valence electrons. The fraction of sp³-hybridized carbons (Fsp3) is 1.00. The molecule has 0 heterocycles. The maximum Gasteiger partial charge on any atom is 0.0701 e. The molecule has 0 rings (SSSR count). The Morgan fingerprint density at radius 2 is 0.595 bits per heavy atom. The topological polar surface area (TPSA) is 67.9 Å². The molecule has 0 aromatic heterocycles. The summed E-state index contributed by atoms with van der Waals surface area (Å²) < 4.78 is 38.5. The third-order valence-corrected chi connectivity index (χ3v) is 5.81. The number of unbranched alkanes of at least 4 members (excludes halogenated alkanes) is 10. The van der Waals surface area contributed by atoms with Crippen LogP contribution in [-0.4, -0.2) is 118 Å². The average Bonchev–Trinajstić information content (AvgIpc) is 2.89. The van der Waals surface area contributed by atoms with Crippen LogP contribution in [0.1, 0.15) is 77.6 Å². The van der Waals surface area contributed by atoms with Gasteiger partial charge >= 0.3 is 0 Å². The molecule has 0 aliphatic rings. The van der Waals surface area contributed by atoms with Crippen LogP contribution in [0.3, 0.4) is 0 Å². The van der Waals surface area contributed by atoms with Crippen molar-refractivity contribution in [3.63, 3.8) is 0 Å². The Bertz CT molecular complexity index is 402. The van der Waals surface area contributed by atoms with Crippen LogP contribution < -0.4 is 0 Å². The van der Waals surface area contributed by atoms with Gasteiger partial charge in [0.05, 0.1) is 85.9 Å². The molecular formula is C29H61NO7. The van der Waals surface area contributed by atoms with Gasteiger partial charge in [0.15, 0.2) is 0 Å². The first-order valence-electron chi connectivity index (χ1n) is 15.0. The lowest BCUT2D eigenvalue weighted by Crippen LogP contribution is -2.19. The quantitative estimate of drug-likeness (QED) is 0.109. The Balaban J connectivity index is 3.01. The number of ether oxygens (including phenoxy) is 7. The van der Waals surface area contributed by atoms with Crippen molar-refractivity contribution in [2.45, 2.75) is 77.6 Å². The minimum atomic E-state index is 0.559. The van der Waals surface area contributed by atoms with E-state index in [0.717, 1.165) is 26.2 Å². The first-order valence-corrected chi connectivity index (χ1v) is 15.0. The Labute approximate surface area is 229 Å². The lowest BCUT2D eigenvalue weighted by atomic mass is 10.1. The molecule has 0 saturated heterocycles. The summed E-state index contributed by atoms with van der Waals surface area (Å²) in [6, 6.07) is 0. The minimum absolute atomic E-state index is 0.559. The Kier molecular flexibility index (Phi) is 33.4. The van der Waals surface area contributed by atoms with Crippen LogP contribution in [0.25, 0.3) is 0 Å². The van der Waals surface area contributed by atoms with Gasteiger partial charge in [-0.15, -0.1) is 0 Å². The summed E-state index contributed by atoms with van der Waals surface area (Å²) in [6.07, 6.45) is 15.0. The van der Waals surface area contributed by atoms with E-state index in [9.17, 15) is 0 Å². The average molecular weight is 536 g/mol. The van der Waals surface area contributed by atoms with Gasteiger partial charge in [-0.05, 0) is 20.5 Å². The molecule has 0 unspecified atom stereocenters. The van der Waals surface area contributed by atoms with Gasteiger partial charge in [-0.3, -0.25) is 0 Å². The van der Waals surface area contributed by atoms with E-state index >= 15 is 0 Å². The van der Waals surface area contributed by atoms with Crippen molar-refractivity contribution in [3.05, 3.63) is 0 Å². The van der Waals surface area contributed by atoms with Gasteiger partial charge in [-0.25, -0.2) is 0 Å². The van der Waals surface area contributed by atoms with Crippen LogP contribution in [0.2, 0.25) is 0 Å². The maximum atomic E-state index is 5.64. The summed E-state index contributed by atoms with van der Waals surface area (Å²) >= 11 is 0. The molecule has 0 aromatic carbocycles. The standard InChI is InChI=1S/C29H61NO7/c1-4-5-6-7-8-9-10-11-12-13-14-16-31-18-20-33-22-24-35-26-28-37-29-27-36-25-23-34-21-19-32-17-15-30(2)3/h4-29H2,1-3H3. The highest BCUT2D eigenvalue weighted by Crippen LogP contribution is 2.11. The lowest BCUT2D eigenvalue weighted by molar-refractivity contribution is -0.0208. The summed E-state index contributed by atoms with van der Waals surface area (Å²) in [5, 5.41) is 0. The second-order valence-electron chi connectivity index (χ2n) is 9.63. The SMILES string of the molecule is CCCCCCCCCCCCCOCCOCCOCCOCCOCCOCCOCCN(C)C. The molecule has 0 aliphatic heterocycles. The van der Waals surface area contributed by atoms with Crippen molar-refractivity contribution < 1.29 is 33.2 Å². The van der Waals surface area contributed by atoms with Crippen LogP contribution in [0.15, 0.2) is 0 Å². The van der Waals surface area contributed by atoms with E-state index in [1.165, 1.54) is 64.2 Å². The summed E-state index contributed by atoms with van der Waals surface area (Å²) in [6.45, 7) is 11.8. The maximum absolute atomic E-state index is 5.64. The van der Waals surface area contributed by atoms with E-state index < -0.39 is 0 Å². The molecule has 37 heavy (non-hydrogen) atoms. The summed E-state index contributed by atoms with van der Waals surface area (Å²) in [5.74, 6) is 0. The number of hydrogen-bond donors (Lipinski definition) is 0. The molecule has 0 aromatic rings. The van der Waals surface area contributed by atoms with Gasteiger partial charge in [0.2, 0.25) is 0 Å². The van der Waals surface area contributed by atoms with Gasteiger partial charge in [0, 0.05) is 13.2 Å². The molecule has 0 fully saturated rings. The second-order valence-corrected chi connectivity index (χ2v) is 9.63. The first-order chi connectivity index (χ1) is 18.3. The monoisotopic (exact) mass is 535 g/mol. The summed E-state index contributed by atoms with van der Waals surface area (Å²) in [5.41, 5.74) is 0. The predicted molar refractivity (Wildman–Crippen MR) is 151 cm³/mol. The van der Waals surface area contributed by atoms with Crippen molar-refractivity contribution in [1.82, 2.24) is 4.90 Å². The third-order valence-electron chi connectivity index (χ3n) is 5.81. The van der Waals surface area contributed by atoms with E-state index in [1.54, 1.807) is 0 Å². The van der Waals surface area contributed by atoms with E-state index in [4.69, 9.17) is 33.2 Å². The molecular weight excluding hydrogens is 474 g/mol. The van der Waals surface area contributed by atoms with Gasteiger partial charge < -0.3 is 38.1 Å². The predicted octanol–water partition coefficient (Wildman–Crippen LogP) is 4.98. The number of hydrogen-bond acceptors (Lipinski definition) is 8. The van der Waals surface area contributed by atoms with Gasteiger partial charge in [-0.2, -0.15) is 0 Å². The summed E-state index contributed by atoms with van der Waals surface area (Å²) in [7, 11) is 4.06. The molecule has 8 heteroatoms. The smallest absolute Gasteiger partial charge is 0.0701 e. The molecule has 0 aliphatic carbocycles. The van der Waals surface area contributed by atoms with E-state index in [-0.39, 0.29) is 0 Å². The van der Waals surface area contributed by atoms with Crippen LogP contribution in [-0.2, 0) is 33.2 Å². The fourth-order valence-electron chi connectivity index (χ4n) is 3.54. The molecule has 0 spiro atoms. The zero-order chi connectivity index (χ0) is 26.9. The molecule has 0 N–H and O–H groups in total. The molecule has 0 atom stereocenters. The normalized spacial score (nSPS) is 11.7. The van der Waals surface area contributed by atoms with Crippen LogP contribution in [0.4, 0.5) is 0 Å². The molecule has 0 radical (unpaired) electrons. The van der Waals surface area contributed by atoms with Crippen LogP contribution in [0, 0.1) is 0 Å². The second kappa shape index (κ2) is 33.7. The molecule has 0 saturated carbocycles. The largest absolute Gasteiger partial charge is 0.379 e. The van der Waals surface area contributed by atoms with Crippen molar-refractivity contribution in [1.29, 1.82) is 0 Å². The first kappa shape index (κ1) is 36.7. The molecule has 0 amide bonds. The highest BCUT2D eigenvalue weighted by Gasteiger charge is 1.96. The number of rotatable bonds is 33. The van der Waals surface area contributed by atoms with Crippen LogP contribution >= 0.6 is 0 Å². The summed E-state index contributed by atoms with van der Waals surface area (Å²) in [4.78, 5) is 2.09. The minimum Gasteiger partial charge on any atom is -0.379 e. The van der Waals surface area contributed by atoms with Gasteiger partial charge in [0.25, 0.3) is 0 Å². The van der Waals surface area contributed by atoms with E-state index in [1.807, 2.05) is 14.1 Å². The zero-order valence-electron chi connectivity index (χ0n) is 24.7. The van der Waals surface area contributed by atoms with Crippen molar-refractivity contribution >= 4 is 0 Å². The van der Waals surface area contributed by atoms with Gasteiger partial charge in [-0.1, -0.05) is 71.1 Å².